The van der Waals surface area contributed by atoms with E-state index < -0.39 is 0 Å². The van der Waals surface area contributed by atoms with Crippen LogP contribution in [0.1, 0.15) is 32.3 Å². The van der Waals surface area contributed by atoms with Crippen LogP contribution in [0.2, 0.25) is 0 Å². The Kier molecular flexibility index (Phi) is 5.86. The predicted octanol–water partition coefficient (Wildman–Crippen LogP) is 3.40. The standard InChI is InChI=1S/C14H23NOS/c1-4-14(5-2,17-3)11-15-10-12-7-6-8-13(16)9-12/h6-9,15-16H,4-5,10-11H2,1-3H3. The van der Waals surface area contributed by atoms with E-state index >= 15 is 0 Å². The Labute approximate surface area is 109 Å². The molecule has 0 radical (unpaired) electrons. The highest BCUT2D eigenvalue weighted by atomic mass is 32.2. The van der Waals surface area contributed by atoms with E-state index in [1.54, 1.807) is 6.07 Å². The van der Waals surface area contributed by atoms with Crippen molar-refractivity contribution in [2.45, 2.75) is 38.0 Å². The predicted molar refractivity (Wildman–Crippen MR) is 76.6 cm³/mol. The molecule has 0 heterocycles. The summed E-state index contributed by atoms with van der Waals surface area (Å²) in [5.41, 5.74) is 1.13. The van der Waals surface area contributed by atoms with Gasteiger partial charge in [0.15, 0.2) is 0 Å². The summed E-state index contributed by atoms with van der Waals surface area (Å²) in [5, 5.41) is 12.9. The van der Waals surface area contributed by atoms with E-state index in [2.05, 4.69) is 25.4 Å². The molecule has 0 atom stereocenters. The van der Waals surface area contributed by atoms with Gasteiger partial charge in [0.25, 0.3) is 0 Å². The van der Waals surface area contributed by atoms with Crippen LogP contribution in [0.4, 0.5) is 0 Å². The first-order chi connectivity index (χ1) is 8.15. The first-order valence-electron chi connectivity index (χ1n) is 6.19. The van der Waals surface area contributed by atoms with Crippen molar-refractivity contribution in [2.75, 3.05) is 12.8 Å². The van der Waals surface area contributed by atoms with Gasteiger partial charge in [0, 0.05) is 17.8 Å². The average Bonchev–Trinajstić information content (AvgIpc) is 2.35. The maximum Gasteiger partial charge on any atom is 0.115 e. The number of phenols is 1. The van der Waals surface area contributed by atoms with Crippen molar-refractivity contribution in [2.24, 2.45) is 0 Å². The van der Waals surface area contributed by atoms with Crippen LogP contribution in [0.5, 0.6) is 5.75 Å². The molecule has 0 fully saturated rings. The first-order valence-corrected chi connectivity index (χ1v) is 7.42. The molecule has 0 aliphatic carbocycles. The molecule has 0 unspecified atom stereocenters. The fourth-order valence-corrected chi connectivity index (χ4v) is 2.79. The van der Waals surface area contributed by atoms with Crippen LogP contribution in [0.15, 0.2) is 24.3 Å². The summed E-state index contributed by atoms with van der Waals surface area (Å²) in [6.07, 6.45) is 4.54. The number of thioether (sulfide) groups is 1. The van der Waals surface area contributed by atoms with Crippen LogP contribution in [0.3, 0.4) is 0 Å². The highest BCUT2D eigenvalue weighted by Crippen LogP contribution is 2.29. The number of phenolic OH excluding ortho intramolecular Hbond substituents is 1. The third-order valence-corrected chi connectivity index (χ3v) is 5.00. The van der Waals surface area contributed by atoms with E-state index in [4.69, 9.17) is 0 Å². The molecule has 1 aromatic rings. The molecule has 0 saturated heterocycles. The van der Waals surface area contributed by atoms with Gasteiger partial charge in [-0.15, -0.1) is 0 Å². The largest absolute Gasteiger partial charge is 0.508 e. The molecule has 2 nitrogen and oxygen atoms in total. The SMILES string of the molecule is CCC(CC)(CNCc1cccc(O)c1)SC. The summed E-state index contributed by atoms with van der Waals surface area (Å²) in [6.45, 7) is 6.32. The maximum absolute atomic E-state index is 9.38. The second kappa shape index (κ2) is 6.92. The van der Waals surface area contributed by atoms with E-state index in [-0.39, 0.29) is 0 Å². The van der Waals surface area contributed by atoms with Crippen LogP contribution in [-0.2, 0) is 6.54 Å². The van der Waals surface area contributed by atoms with Crippen molar-refractivity contribution in [3.63, 3.8) is 0 Å². The number of rotatable bonds is 7. The summed E-state index contributed by atoms with van der Waals surface area (Å²) in [5.74, 6) is 0.339. The second-order valence-corrected chi connectivity index (χ2v) is 5.64. The van der Waals surface area contributed by atoms with Gasteiger partial charge in [0.05, 0.1) is 0 Å². The van der Waals surface area contributed by atoms with Crippen LogP contribution in [-0.4, -0.2) is 22.7 Å². The molecule has 0 amide bonds. The third kappa shape index (κ3) is 4.25. The summed E-state index contributed by atoms with van der Waals surface area (Å²) in [6, 6.07) is 7.43. The highest BCUT2D eigenvalue weighted by Gasteiger charge is 2.23. The molecule has 17 heavy (non-hydrogen) atoms. The lowest BCUT2D eigenvalue weighted by Crippen LogP contribution is -2.36. The first kappa shape index (κ1) is 14.4. The Hall–Kier alpha value is -0.670. The minimum atomic E-state index is 0.339. The highest BCUT2D eigenvalue weighted by molar-refractivity contribution is 8.00. The Morgan fingerprint density at radius 1 is 1.29 bits per heavy atom. The van der Waals surface area contributed by atoms with Crippen LogP contribution >= 0.6 is 11.8 Å². The van der Waals surface area contributed by atoms with Gasteiger partial charge < -0.3 is 10.4 Å². The van der Waals surface area contributed by atoms with Gasteiger partial charge in [-0.05, 0) is 36.8 Å². The molecule has 0 aromatic heterocycles. The van der Waals surface area contributed by atoms with Crippen molar-refractivity contribution < 1.29 is 5.11 Å². The number of aromatic hydroxyl groups is 1. The lowest BCUT2D eigenvalue weighted by Gasteiger charge is -2.30. The average molecular weight is 253 g/mol. The molecule has 2 N–H and O–H groups in total. The topological polar surface area (TPSA) is 32.3 Å². The van der Waals surface area contributed by atoms with Gasteiger partial charge in [-0.1, -0.05) is 26.0 Å². The van der Waals surface area contributed by atoms with Gasteiger partial charge in [-0.25, -0.2) is 0 Å². The van der Waals surface area contributed by atoms with Crippen molar-refractivity contribution in [3.8, 4) is 5.75 Å². The number of hydrogen-bond acceptors (Lipinski definition) is 3. The lowest BCUT2D eigenvalue weighted by atomic mass is 10.0. The number of nitrogens with one attached hydrogen (secondary N) is 1. The van der Waals surface area contributed by atoms with Gasteiger partial charge in [0.2, 0.25) is 0 Å². The minimum absolute atomic E-state index is 0.339. The monoisotopic (exact) mass is 253 g/mol. The molecule has 96 valence electrons. The van der Waals surface area contributed by atoms with Crippen LogP contribution in [0, 0.1) is 0 Å². The third-order valence-electron chi connectivity index (χ3n) is 3.41. The van der Waals surface area contributed by atoms with E-state index in [1.165, 1.54) is 12.8 Å². The Morgan fingerprint density at radius 3 is 2.53 bits per heavy atom. The molecule has 0 bridgehead atoms. The molecule has 0 saturated carbocycles. The van der Waals surface area contributed by atoms with Gasteiger partial charge in [-0.3, -0.25) is 0 Å². The van der Waals surface area contributed by atoms with Gasteiger partial charge in [-0.2, -0.15) is 11.8 Å². The maximum atomic E-state index is 9.38. The van der Waals surface area contributed by atoms with Gasteiger partial charge in [0.1, 0.15) is 5.75 Å². The lowest BCUT2D eigenvalue weighted by molar-refractivity contribution is 0.472. The van der Waals surface area contributed by atoms with E-state index in [9.17, 15) is 5.11 Å². The fraction of sp³-hybridized carbons (Fsp3) is 0.571. The quantitative estimate of drug-likeness (QED) is 0.781. The Balaban J connectivity index is 2.46. The zero-order valence-electron chi connectivity index (χ0n) is 11.0. The number of benzene rings is 1. The molecule has 0 aliphatic rings. The van der Waals surface area contributed by atoms with Gasteiger partial charge >= 0.3 is 0 Å². The van der Waals surface area contributed by atoms with E-state index in [1.807, 2.05) is 30.0 Å². The summed E-state index contributed by atoms with van der Waals surface area (Å²) >= 11 is 1.94. The second-order valence-electron chi connectivity index (χ2n) is 4.37. The number of hydrogen-bond donors (Lipinski definition) is 2. The molecule has 0 aliphatic heterocycles. The van der Waals surface area contributed by atoms with Crippen molar-refractivity contribution in [1.29, 1.82) is 0 Å². The molecule has 1 rings (SSSR count). The summed E-state index contributed by atoms with van der Waals surface area (Å²) in [4.78, 5) is 0. The normalized spacial score (nSPS) is 11.7. The smallest absolute Gasteiger partial charge is 0.115 e. The summed E-state index contributed by atoms with van der Waals surface area (Å²) < 4.78 is 0.344. The molecular weight excluding hydrogens is 230 g/mol. The van der Waals surface area contributed by atoms with Crippen LogP contribution in [0.25, 0.3) is 0 Å². The fourth-order valence-electron chi connectivity index (χ4n) is 1.96. The van der Waals surface area contributed by atoms with Crippen molar-refractivity contribution >= 4 is 11.8 Å². The summed E-state index contributed by atoms with van der Waals surface area (Å²) in [7, 11) is 0. The van der Waals surface area contributed by atoms with E-state index in [0.29, 0.717) is 10.5 Å². The van der Waals surface area contributed by atoms with Crippen molar-refractivity contribution in [1.82, 2.24) is 5.32 Å². The van der Waals surface area contributed by atoms with Crippen LogP contribution < -0.4 is 5.32 Å². The minimum Gasteiger partial charge on any atom is -0.508 e. The zero-order chi connectivity index (χ0) is 12.7. The molecule has 3 heteroatoms. The van der Waals surface area contributed by atoms with Crippen molar-refractivity contribution in [3.05, 3.63) is 29.8 Å². The molecule has 1 aromatic carbocycles. The zero-order valence-corrected chi connectivity index (χ0v) is 11.8. The molecule has 0 spiro atoms. The van der Waals surface area contributed by atoms with E-state index in [0.717, 1.165) is 18.7 Å². The Bertz CT molecular complexity index is 328. The Morgan fingerprint density at radius 2 is 2.00 bits per heavy atom. The molecular formula is C14H23NOS.